The zero-order valence-corrected chi connectivity index (χ0v) is 21.4. The van der Waals surface area contributed by atoms with Gasteiger partial charge < -0.3 is 24.1 Å². The molecule has 192 valence electrons. The van der Waals surface area contributed by atoms with Crippen molar-refractivity contribution < 1.29 is 33.2 Å². The third-order valence-corrected chi connectivity index (χ3v) is 8.78. The lowest BCUT2D eigenvalue weighted by Crippen LogP contribution is -2.71. The van der Waals surface area contributed by atoms with E-state index in [1.807, 2.05) is 42.5 Å². The van der Waals surface area contributed by atoms with Gasteiger partial charge in [0.1, 0.15) is 35.4 Å². The van der Waals surface area contributed by atoms with Crippen molar-refractivity contribution in [1.82, 2.24) is 10.2 Å². The number of carbonyl (C=O) groups is 3. The summed E-state index contributed by atoms with van der Waals surface area (Å²) >= 11 is 2.68. The van der Waals surface area contributed by atoms with Gasteiger partial charge in [0, 0.05) is 26.3 Å². The van der Waals surface area contributed by atoms with Gasteiger partial charge in [0.05, 0.1) is 6.26 Å². The van der Waals surface area contributed by atoms with Gasteiger partial charge in [-0.3, -0.25) is 14.5 Å². The van der Waals surface area contributed by atoms with E-state index in [1.54, 1.807) is 12.1 Å². The summed E-state index contributed by atoms with van der Waals surface area (Å²) < 4.78 is 11.2. The lowest BCUT2D eigenvalue weighted by molar-refractivity contribution is -0.150. The minimum absolute atomic E-state index is 0.0872. The molecule has 0 bridgehead atoms. The predicted octanol–water partition coefficient (Wildman–Crippen LogP) is 4.02. The maximum absolute atomic E-state index is 13.1. The molecule has 6 rings (SSSR count). The van der Waals surface area contributed by atoms with Crippen molar-refractivity contribution in [3.8, 4) is 0 Å². The normalized spacial score (nSPS) is 19.4. The molecule has 2 aromatic carbocycles. The third-order valence-electron chi connectivity index (χ3n) is 6.17. The summed E-state index contributed by atoms with van der Waals surface area (Å²) in [6.45, 7) is 0. The van der Waals surface area contributed by atoms with Gasteiger partial charge in [-0.05, 0) is 30.3 Å². The number of nitrogens with zero attached hydrogens (tertiary/aromatic N) is 2. The number of fused-ring (bicyclic) bond motifs is 4. The molecule has 0 saturated carbocycles. The Morgan fingerprint density at radius 1 is 1.16 bits per heavy atom. The number of thioether (sulfide) groups is 2. The number of para-hydroxylation sites is 1. The van der Waals surface area contributed by atoms with E-state index in [1.165, 1.54) is 41.8 Å². The van der Waals surface area contributed by atoms with Crippen molar-refractivity contribution in [1.29, 1.82) is 0 Å². The first-order valence-electron chi connectivity index (χ1n) is 11.4. The Labute approximate surface area is 223 Å². The Morgan fingerprint density at radius 3 is 2.74 bits per heavy atom. The molecule has 2 aliphatic heterocycles. The van der Waals surface area contributed by atoms with Crippen molar-refractivity contribution in [3.05, 3.63) is 77.2 Å². The van der Waals surface area contributed by atoms with Gasteiger partial charge in [-0.25, -0.2) is 4.79 Å². The molecule has 38 heavy (non-hydrogen) atoms. The number of carbonyl (C=O) groups excluding carboxylic acids is 2. The van der Waals surface area contributed by atoms with Crippen LogP contribution in [0, 0.1) is 0 Å². The Kier molecular flexibility index (Phi) is 6.12. The number of β-lactam (4-membered cyclic amide) rings is 1. The highest BCUT2D eigenvalue weighted by atomic mass is 32.2. The van der Waals surface area contributed by atoms with Crippen molar-refractivity contribution >= 4 is 69.0 Å². The van der Waals surface area contributed by atoms with Gasteiger partial charge in [-0.1, -0.05) is 41.2 Å². The van der Waals surface area contributed by atoms with Gasteiger partial charge in [0.25, 0.3) is 11.8 Å². The summed E-state index contributed by atoms with van der Waals surface area (Å²) in [6, 6.07) is 15.5. The monoisotopic (exact) mass is 549 g/mol. The Hall–Kier alpha value is -4.16. The summed E-state index contributed by atoms with van der Waals surface area (Å²) in [4.78, 5) is 45.7. The summed E-state index contributed by atoms with van der Waals surface area (Å²) in [5, 5.41) is 17.7. The van der Waals surface area contributed by atoms with E-state index < -0.39 is 29.2 Å². The van der Waals surface area contributed by atoms with E-state index in [-0.39, 0.29) is 17.2 Å². The second kappa shape index (κ2) is 9.62. The lowest BCUT2D eigenvalue weighted by Gasteiger charge is -2.49. The fourth-order valence-corrected chi connectivity index (χ4v) is 7.18. The maximum atomic E-state index is 13.1. The van der Waals surface area contributed by atoms with Gasteiger partial charge >= 0.3 is 5.97 Å². The molecule has 4 aromatic rings. The second-order valence-corrected chi connectivity index (χ2v) is 10.6. The maximum Gasteiger partial charge on any atom is 0.353 e. The van der Waals surface area contributed by atoms with Crippen LogP contribution in [-0.4, -0.2) is 57.8 Å². The molecule has 0 unspecified atom stereocenters. The number of furan rings is 2. The first kappa shape index (κ1) is 24.2. The van der Waals surface area contributed by atoms with Gasteiger partial charge in [-0.2, -0.15) is 0 Å². The number of nitrogens with one attached hydrogen (secondary N) is 1. The SMILES string of the molecule is CO/N=C(\C(=O)N[C@@H]1C(=O)N2C(C(=O)O)=C(Sc3cccc4oc5ccccc5c34)CS[C@H]12)c1ccco1. The molecule has 0 radical (unpaired) electrons. The van der Waals surface area contributed by atoms with Gasteiger partial charge in [0.2, 0.25) is 5.71 Å². The van der Waals surface area contributed by atoms with Crippen LogP contribution in [0.3, 0.4) is 0 Å². The first-order valence-corrected chi connectivity index (χ1v) is 13.3. The molecule has 2 N–H and O–H groups in total. The fourth-order valence-electron chi connectivity index (χ4n) is 4.54. The number of hydrogen-bond donors (Lipinski definition) is 2. The number of amides is 2. The van der Waals surface area contributed by atoms with Crippen LogP contribution in [0.5, 0.6) is 0 Å². The van der Waals surface area contributed by atoms with Crippen LogP contribution in [0.1, 0.15) is 5.76 Å². The predicted molar refractivity (Wildman–Crippen MR) is 142 cm³/mol. The summed E-state index contributed by atoms with van der Waals surface area (Å²) in [7, 11) is 1.29. The van der Waals surface area contributed by atoms with Gasteiger partial charge in [-0.15, -0.1) is 11.8 Å². The van der Waals surface area contributed by atoms with Gasteiger partial charge in [0.15, 0.2) is 5.76 Å². The fraction of sp³-hybridized carbons (Fsp3) is 0.154. The van der Waals surface area contributed by atoms with Crippen molar-refractivity contribution in [2.75, 3.05) is 12.9 Å². The molecule has 0 aliphatic carbocycles. The molecular weight excluding hydrogens is 530 g/mol. The molecule has 2 atom stereocenters. The molecule has 10 nitrogen and oxygen atoms in total. The number of rotatable bonds is 7. The van der Waals surface area contributed by atoms with Crippen LogP contribution in [0.4, 0.5) is 0 Å². The number of oxime groups is 1. The quantitative estimate of drug-likeness (QED) is 0.199. The Bertz CT molecular complexity index is 1660. The van der Waals surface area contributed by atoms with Crippen molar-refractivity contribution in [2.45, 2.75) is 16.3 Å². The number of aliphatic carboxylic acids is 1. The van der Waals surface area contributed by atoms with Crippen LogP contribution in [0.2, 0.25) is 0 Å². The van der Waals surface area contributed by atoms with Crippen molar-refractivity contribution in [3.63, 3.8) is 0 Å². The van der Waals surface area contributed by atoms with Crippen LogP contribution in [-0.2, 0) is 19.2 Å². The van der Waals surface area contributed by atoms with E-state index in [0.717, 1.165) is 21.3 Å². The number of hydrogen-bond acceptors (Lipinski definition) is 9. The highest BCUT2D eigenvalue weighted by Crippen LogP contribution is 2.47. The zero-order chi connectivity index (χ0) is 26.4. The largest absolute Gasteiger partial charge is 0.477 e. The average molecular weight is 550 g/mol. The first-order chi connectivity index (χ1) is 18.5. The van der Waals surface area contributed by atoms with E-state index in [9.17, 15) is 19.5 Å². The third kappa shape index (κ3) is 3.92. The van der Waals surface area contributed by atoms with E-state index >= 15 is 0 Å². The molecule has 1 saturated heterocycles. The molecule has 1 fully saturated rings. The minimum atomic E-state index is -1.21. The Morgan fingerprint density at radius 2 is 1.97 bits per heavy atom. The van der Waals surface area contributed by atoms with E-state index in [2.05, 4.69) is 10.5 Å². The van der Waals surface area contributed by atoms with E-state index in [0.29, 0.717) is 16.2 Å². The molecule has 12 heteroatoms. The highest BCUT2D eigenvalue weighted by molar-refractivity contribution is 8.06. The number of carboxylic acids is 1. The zero-order valence-electron chi connectivity index (χ0n) is 19.7. The minimum Gasteiger partial charge on any atom is -0.477 e. The van der Waals surface area contributed by atoms with Crippen molar-refractivity contribution in [2.24, 2.45) is 5.16 Å². The highest BCUT2D eigenvalue weighted by Gasteiger charge is 2.54. The smallest absolute Gasteiger partial charge is 0.353 e. The molecule has 2 amide bonds. The lowest BCUT2D eigenvalue weighted by atomic mass is 10.0. The van der Waals surface area contributed by atoms with Crippen LogP contribution >= 0.6 is 23.5 Å². The topological polar surface area (TPSA) is 135 Å². The molecule has 0 spiro atoms. The number of benzene rings is 2. The molecule has 4 heterocycles. The van der Waals surface area contributed by atoms with Crippen LogP contribution in [0.25, 0.3) is 21.9 Å². The summed E-state index contributed by atoms with van der Waals surface area (Å²) in [5.74, 6) is -1.88. The second-order valence-electron chi connectivity index (χ2n) is 8.37. The summed E-state index contributed by atoms with van der Waals surface area (Å²) in [6.07, 6.45) is 1.39. The van der Waals surface area contributed by atoms with Crippen LogP contribution in [0.15, 0.2) is 90.3 Å². The Balaban J connectivity index is 1.28. The average Bonchev–Trinajstić information content (AvgIpc) is 3.58. The standard InChI is InChI=1S/C26H19N3O7S2/c1-34-28-20(16-9-5-11-35-16)23(30)27-21-24(31)29-22(26(32)33)18(12-37-25(21)29)38-17-10-4-8-15-19(17)13-6-2-3-7-14(13)36-15/h2-11,21,25H,12H2,1H3,(H,27,30)(H,32,33)/b28-20-/t21-,25-/m1/s1. The summed E-state index contributed by atoms with van der Waals surface area (Å²) in [5.41, 5.74) is 1.22. The van der Waals surface area contributed by atoms with E-state index in [4.69, 9.17) is 13.7 Å². The molecule has 2 aliphatic rings. The van der Waals surface area contributed by atoms with Crippen LogP contribution < -0.4 is 5.32 Å². The number of carboxylic acid groups (broad SMARTS) is 1. The molecule has 2 aromatic heterocycles. The molecular formula is C26H19N3O7S2.